The quantitative estimate of drug-likeness (QED) is 0.791. The lowest BCUT2D eigenvalue weighted by molar-refractivity contribution is 0.354. The molecule has 1 aromatic carbocycles. The van der Waals surface area contributed by atoms with Gasteiger partial charge in [-0.1, -0.05) is 6.07 Å². The minimum absolute atomic E-state index is 0.327. The summed E-state index contributed by atoms with van der Waals surface area (Å²) in [7, 11) is 3.29. The van der Waals surface area contributed by atoms with Crippen LogP contribution in [0.3, 0.4) is 0 Å². The highest BCUT2D eigenvalue weighted by molar-refractivity contribution is 5.45. The van der Waals surface area contributed by atoms with Gasteiger partial charge in [-0.05, 0) is 24.1 Å². The van der Waals surface area contributed by atoms with E-state index in [9.17, 15) is 0 Å². The van der Waals surface area contributed by atoms with Gasteiger partial charge < -0.3 is 15.2 Å². The lowest BCUT2D eigenvalue weighted by Gasteiger charge is -2.08. The van der Waals surface area contributed by atoms with Gasteiger partial charge in [0.15, 0.2) is 11.5 Å². The van der Waals surface area contributed by atoms with E-state index in [1.807, 2.05) is 12.1 Å². The topological polar surface area (TPSA) is 44.5 Å². The highest BCUT2D eigenvalue weighted by Crippen LogP contribution is 2.41. The zero-order valence-electron chi connectivity index (χ0n) is 8.49. The molecule has 1 saturated carbocycles. The first kappa shape index (κ1) is 9.34. The lowest BCUT2D eigenvalue weighted by atomic mass is 10.1. The summed E-state index contributed by atoms with van der Waals surface area (Å²) >= 11 is 0. The molecule has 2 rings (SSSR count). The number of benzene rings is 1. The molecule has 76 valence electrons. The highest BCUT2D eigenvalue weighted by Gasteiger charge is 2.35. The molecular weight excluding hydrogens is 178 g/mol. The summed E-state index contributed by atoms with van der Waals surface area (Å²) in [6.07, 6.45) is 1.08. The maximum absolute atomic E-state index is 5.79. The Morgan fingerprint density at radius 2 is 1.86 bits per heavy atom. The van der Waals surface area contributed by atoms with E-state index in [4.69, 9.17) is 15.2 Å². The van der Waals surface area contributed by atoms with E-state index >= 15 is 0 Å². The Kier molecular flexibility index (Phi) is 2.33. The molecule has 0 unspecified atom stereocenters. The number of ether oxygens (including phenoxy) is 2. The van der Waals surface area contributed by atoms with Gasteiger partial charge in [-0.25, -0.2) is 0 Å². The number of rotatable bonds is 3. The Hall–Kier alpha value is -1.22. The van der Waals surface area contributed by atoms with E-state index in [0.717, 1.165) is 17.9 Å². The summed E-state index contributed by atoms with van der Waals surface area (Å²) in [5.74, 6) is 2.06. The minimum atomic E-state index is 0.327. The van der Waals surface area contributed by atoms with Crippen molar-refractivity contribution >= 4 is 0 Å². The fourth-order valence-electron chi connectivity index (χ4n) is 1.68. The first-order chi connectivity index (χ1) is 6.76. The Morgan fingerprint density at radius 3 is 2.36 bits per heavy atom. The van der Waals surface area contributed by atoms with Crippen LogP contribution in [0.2, 0.25) is 0 Å². The zero-order chi connectivity index (χ0) is 10.1. The van der Waals surface area contributed by atoms with E-state index in [0.29, 0.717) is 12.0 Å². The summed E-state index contributed by atoms with van der Waals surface area (Å²) in [5.41, 5.74) is 7.03. The molecule has 0 amide bonds. The summed E-state index contributed by atoms with van der Waals surface area (Å²) in [6.45, 7) is 0. The van der Waals surface area contributed by atoms with E-state index in [2.05, 4.69) is 6.07 Å². The number of methoxy groups -OCH3 is 2. The molecule has 1 aliphatic carbocycles. The van der Waals surface area contributed by atoms with Crippen molar-refractivity contribution in [2.24, 2.45) is 5.73 Å². The summed E-state index contributed by atoms with van der Waals surface area (Å²) in [4.78, 5) is 0. The van der Waals surface area contributed by atoms with Gasteiger partial charge in [0.25, 0.3) is 0 Å². The summed E-state index contributed by atoms with van der Waals surface area (Å²) in [6, 6.07) is 6.32. The molecule has 0 spiro atoms. The molecule has 2 atom stereocenters. The monoisotopic (exact) mass is 193 g/mol. The molecule has 0 aliphatic heterocycles. The Labute approximate surface area is 83.8 Å². The molecule has 3 heteroatoms. The predicted molar refractivity (Wildman–Crippen MR) is 54.9 cm³/mol. The van der Waals surface area contributed by atoms with Crippen LogP contribution in [0.25, 0.3) is 0 Å². The summed E-state index contributed by atoms with van der Waals surface area (Å²) in [5, 5.41) is 0. The van der Waals surface area contributed by atoms with Gasteiger partial charge in [0, 0.05) is 12.0 Å². The first-order valence-corrected chi connectivity index (χ1v) is 4.73. The minimum Gasteiger partial charge on any atom is -0.493 e. The van der Waals surface area contributed by atoms with Crippen LogP contribution >= 0.6 is 0 Å². The molecule has 1 fully saturated rings. The number of hydrogen-bond acceptors (Lipinski definition) is 3. The van der Waals surface area contributed by atoms with Crippen LogP contribution in [-0.2, 0) is 0 Å². The van der Waals surface area contributed by atoms with Crippen LogP contribution in [0.15, 0.2) is 18.2 Å². The Morgan fingerprint density at radius 1 is 1.21 bits per heavy atom. The Bertz CT molecular complexity index is 338. The smallest absolute Gasteiger partial charge is 0.160 e. The third-order valence-corrected chi connectivity index (χ3v) is 2.68. The molecular formula is C11H15NO2. The fourth-order valence-corrected chi connectivity index (χ4v) is 1.68. The van der Waals surface area contributed by atoms with E-state index in [-0.39, 0.29) is 0 Å². The molecule has 3 nitrogen and oxygen atoms in total. The Balaban J connectivity index is 2.27. The van der Waals surface area contributed by atoms with Gasteiger partial charge in [0.2, 0.25) is 0 Å². The van der Waals surface area contributed by atoms with Gasteiger partial charge in [-0.15, -0.1) is 0 Å². The fraction of sp³-hybridized carbons (Fsp3) is 0.455. The normalized spacial score (nSPS) is 24.5. The van der Waals surface area contributed by atoms with E-state index in [1.54, 1.807) is 14.2 Å². The van der Waals surface area contributed by atoms with Gasteiger partial charge in [0.05, 0.1) is 14.2 Å². The second-order valence-electron chi connectivity index (χ2n) is 3.62. The second kappa shape index (κ2) is 3.50. The molecule has 1 aromatic rings. The molecule has 1 aliphatic rings. The maximum atomic E-state index is 5.79. The largest absolute Gasteiger partial charge is 0.493 e. The number of nitrogens with two attached hydrogens (primary N) is 1. The van der Waals surface area contributed by atoms with Gasteiger partial charge in [0.1, 0.15) is 0 Å². The molecule has 0 saturated heterocycles. The second-order valence-corrected chi connectivity index (χ2v) is 3.62. The van der Waals surface area contributed by atoms with Crippen LogP contribution in [0.4, 0.5) is 0 Å². The molecule has 0 heterocycles. The van der Waals surface area contributed by atoms with Crippen LogP contribution in [0.5, 0.6) is 11.5 Å². The van der Waals surface area contributed by atoms with Crippen molar-refractivity contribution in [2.45, 2.75) is 18.4 Å². The van der Waals surface area contributed by atoms with Gasteiger partial charge >= 0.3 is 0 Å². The lowest BCUT2D eigenvalue weighted by Crippen LogP contribution is -2.01. The van der Waals surface area contributed by atoms with Crippen molar-refractivity contribution in [3.63, 3.8) is 0 Å². The van der Waals surface area contributed by atoms with Gasteiger partial charge in [-0.3, -0.25) is 0 Å². The van der Waals surface area contributed by atoms with E-state index < -0.39 is 0 Å². The van der Waals surface area contributed by atoms with Crippen LogP contribution < -0.4 is 15.2 Å². The molecule has 0 radical (unpaired) electrons. The SMILES string of the molecule is COc1ccc([C@H]2C[C@H]2N)cc1OC. The standard InChI is InChI=1S/C11H15NO2/c1-13-10-4-3-7(5-11(10)14-2)8-6-9(8)12/h3-5,8-9H,6,12H2,1-2H3/t8-,9-/m1/s1. The molecule has 2 N–H and O–H groups in total. The van der Waals surface area contributed by atoms with Gasteiger partial charge in [-0.2, -0.15) is 0 Å². The van der Waals surface area contributed by atoms with Crippen LogP contribution in [-0.4, -0.2) is 20.3 Å². The van der Waals surface area contributed by atoms with Crippen LogP contribution in [0, 0.1) is 0 Å². The average molecular weight is 193 g/mol. The highest BCUT2D eigenvalue weighted by atomic mass is 16.5. The van der Waals surface area contributed by atoms with E-state index in [1.165, 1.54) is 5.56 Å². The van der Waals surface area contributed by atoms with Crippen molar-refractivity contribution in [2.75, 3.05) is 14.2 Å². The van der Waals surface area contributed by atoms with Crippen molar-refractivity contribution in [1.29, 1.82) is 0 Å². The van der Waals surface area contributed by atoms with Crippen molar-refractivity contribution < 1.29 is 9.47 Å². The van der Waals surface area contributed by atoms with Crippen LogP contribution in [0.1, 0.15) is 17.9 Å². The average Bonchev–Trinajstić information content (AvgIpc) is 2.94. The van der Waals surface area contributed by atoms with Crippen molar-refractivity contribution in [3.8, 4) is 11.5 Å². The maximum Gasteiger partial charge on any atom is 0.160 e. The predicted octanol–water partition coefficient (Wildman–Crippen LogP) is 1.52. The summed E-state index contributed by atoms with van der Waals surface area (Å²) < 4.78 is 10.4. The van der Waals surface area contributed by atoms with Crippen molar-refractivity contribution in [3.05, 3.63) is 23.8 Å². The first-order valence-electron chi connectivity index (χ1n) is 4.73. The molecule has 14 heavy (non-hydrogen) atoms. The zero-order valence-corrected chi connectivity index (χ0v) is 8.49. The number of hydrogen-bond donors (Lipinski definition) is 1. The third-order valence-electron chi connectivity index (χ3n) is 2.68. The molecule has 0 aromatic heterocycles. The van der Waals surface area contributed by atoms with Crippen molar-refractivity contribution in [1.82, 2.24) is 0 Å². The third kappa shape index (κ3) is 1.55. The molecule has 0 bridgehead atoms.